The van der Waals surface area contributed by atoms with E-state index in [-0.39, 0.29) is 19.0 Å². The molecule has 21 heavy (non-hydrogen) atoms. The number of hydrogen-bond acceptors (Lipinski definition) is 4. The normalized spacial score (nSPS) is 16.9. The molecule has 5 nitrogen and oxygen atoms in total. The number of carbonyl (C=O) groups excluding carboxylic acids is 1. The van der Waals surface area contributed by atoms with Gasteiger partial charge < -0.3 is 10.2 Å². The lowest BCUT2D eigenvalue weighted by Crippen LogP contribution is -2.46. The molecule has 0 unspecified atom stereocenters. The van der Waals surface area contributed by atoms with E-state index in [0.717, 1.165) is 4.90 Å². The first-order valence-corrected chi connectivity index (χ1v) is 6.81. The van der Waals surface area contributed by atoms with E-state index in [1.165, 1.54) is 12.4 Å². The van der Waals surface area contributed by atoms with Gasteiger partial charge in [-0.25, -0.2) is 9.97 Å². The van der Waals surface area contributed by atoms with Crippen molar-refractivity contribution in [3.05, 3.63) is 17.4 Å². The van der Waals surface area contributed by atoms with Crippen LogP contribution in [0.3, 0.4) is 0 Å². The molecule has 1 aromatic rings. The fourth-order valence-electron chi connectivity index (χ4n) is 2.16. The van der Waals surface area contributed by atoms with Gasteiger partial charge in [-0.2, -0.15) is 13.2 Å². The largest absolute Gasteiger partial charge is 0.471 e. The van der Waals surface area contributed by atoms with Crippen LogP contribution in [0.15, 0.2) is 12.4 Å². The number of aromatic nitrogens is 2. The van der Waals surface area contributed by atoms with Gasteiger partial charge in [-0.05, 0) is 18.8 Å². The zero-order valence-electron chi connectivity index (χ0n) is 11.0. The van der Waals surface area contributed by atoms with Crippen molar-refractivity contribution in [1.82, 2.24) is 14.9 Å². The quantitative estimate of drug-likeness (QED) is 0.928. The summed E-state index contributed by atoms with van der Waals surface area (Å²) < 4.78 is 36.9. The number of piperidine rings is 1. The predicted molar refractivity (Wildman–Crippen MR) is 70.9 cm³/mol. The lowest BCUT2D eigenvalue weighted by Gasteiger charge is -2.32. The third-order valence-electron chi connectivity index (χ3n) is 3.31. The van der Waals surface area contributed by atoms with Crippen LogP contribution in [0, 0.1) is 5.92 Å². The molecule has 0 bridgehead atoms. The topological polar surface area (TPSA) is 58.1 Å². The highest BCUT2D eigenvalue weighted by molar-refractivity contribution is 6.30. The number of carbonyl (C=O) groups is 1. The maximum absolute atomic E-state index is 12.3. The molecule has 1 fully saturated rings. The van der Waals surface area contributed by atoms with Gasteiger partial charge in [0, 0.05) is 19.6 Å². The second-order valence-electron chi connectivity index (χ2n) is 4.84. The number of nitrogens with zero attached hydrogens (tertiary/aromatic N) is 3. The summed E-state index contributed by atoms with van der Waals surface area (Å²) in [5.41, 5.74) is 0. The minimum Gasteiger partial charge on any atom is -0.354 e. The highest BCUT2D eigenvalue weighted by Gasteiger charge is 2.43. The summed E-state index contributed by atoms with van der Waals surface area (Å²) in [7, 11) is 0. The van der Waals surface area contributed by atoms with Gasteiger partial charge in [0.1, 0.15) is 0 Å². The van der Waals surface area contributed by atoms with Crippen LogP contribution >= 0.6 is 11.6 Å². The maximum atomic E-state index is 12.3. The Hall–Kier alpha value is -1.57. The molecule has 0 radical (unpaired) electrons. The van der Waals surface area contributed by atoms with E-state index in [4.69, 9.17) is 11.6 Å². The molecule has 1 amide bonds. The number of hydrogen-bond donors (Lipinski definition) is 1. The minimum absolute atomic E-state index is 0.117. The van der Waals surface area contributed by atoms with Crippen molar-refractivity contribution in [2.45, 2.75) is 19.0 Å². The summed E-state index contributed by atoms with van der Waals surface area (Å²) in [5.74, 6) is -1.15. The molecule has 2 rings (SSSR count). The minimum atomic E-state index is -4.79. The lowest BCUT2D eigenvalue weighted by atomic mass is 9.97. The molecule has 0 saturated carbocycles. The molecule has 0 aliphatic carbocycles. The molecular formula is C12H14ClF3N4O. The number of anilines is 1. The van der Waals surface area contributed by atoms with Crippen LogP contribution in [0.1, 0.15) is 12.8 Å². The highest BCUT2D eigenvalue weighted by atomic mass is 35.5. The van der Waals surface area contributed by atoms with Gasteiger partial charge in [0.15, 0.2) is 0 Å². The van der Waals surface area contributed by atoms with Gasteiger partial charge in [-0.1, -0.05) is 11.6 Å². The first kappa shape index (κ1) is 15.8. The van der Waals surface area contributed by atoms with E-state index in [0.29, 0.717) is 30.4 Å². The van der Waals surface area contributed by atoms with E-state index in [1.807, 2.05) is 0 Å². The number of nitrogens with one attached hydrogen (secondary N) is 1. The van der Waals surface area contributed by atoms with Crippen LogP contribution in [0.2, 0.25) is 5.02 Å². The Labute approximate surface area is 124 Å². The summed E-state index contributed by atoms with van der Waals surface area (Å²) in [5, 5.41) is 3.44. The SMILES string of the molecule is O=C(N1CCC(CNc2ncc(Cl)cn2)CC1)C(F)(F)F. The number of amides is 1. The van der Waals surface area contributed by atoms with Crippen molar-refractivity contribution >= 4 is 23.5 Å². The fraction of sp³-hybridized carbons (Fsp3) is 0.583. The van der Waals surface area contributed by atoms with Crippen molar-refractivity contribution < 1.29 is 18.0 Å². The Kier molecular flexibility index (Phi) is 4.87. The molecule has 1 saturated heterocycles. The zero-order chi connectivity index (χ0) is 15.5. The van der Waals surface area contributed by atoms with Gasteiger partial charge in [-0.3, -0.25) is 4.79 Å². The van der Waals surface area contributed by atoms with Gasteiger partial charge >= 0.3 is 12.1 Å². The van der Waals surface area contributed by atoms with E-state index in [1.54, 1.807) is 0 Å². The molecule has 0 spiro atoms. The second-order valence-corrected chi connectivity index (χ2v) is 5.28. The lowest BCUT2D eigenvalue weighted by molar-refractivity contribution is -0.186. The van der Waals surface area contributed by atoms with Gasteiger partial charge in [0.2, 0.25) is 5.95 Å². The molecule has 9 heteroatoms. The van der Waals surface area contributed by atoms with Crippen LogP contribution in [0.25, 0.3) is 0 Å². The van der Waals surface area contributed by atoms with Gasteiger partial charge in [0.05, 0.1) is 17.4 Å². The fourth-order valence-corrected chi connectivity index (χ4v) is 2.26. The van der Waals surface area contributed by atoms with Gasteiger partial charge in [0.25, 0.3) is 0 Å². The summed E-state index contributed by atoms with van der Waals surface area (Å²) in [6.07, 6.45) is -0.837. The summed E-state index contributed by atoms with van der Waals surface area (Å²) >= 11 is 5.66. The first-order valence-electron chi connectivity index (χ1n) is 6.44. The molecule has 1 aliphatic heterocycles. The van der Waals surface area contributed by atoms with E-state index in [2.05, 4.69) is 15.3 Å². The summed E-state index contributed by atoms with van der Waals surface area (Å²) in [6.45, 7) is 0.786. The van der Waals surface area contributed by atoms with E-state index < -0.39 is 12.1 Å². The molecular weight excluding hydrogens is 309 g/mol. The second kappa shape index (κ2) is 6.46. The standard InChI is InChI=1S/C12H14ClF3N4O/c13-9-6-18-11(19-7-9)17-5-8-1-3-20(4-2-8)10(21)12(14,15)16/h6-8H,1-5H2,(H,17,18,19). The predicted octanol–water partition coefficient (Wildman–Crippen LogP) is 2.34. The third-order valence-corrected chi connectivity index (χ3v) is 3.51. The van der Waals surface area contributed by atoms with Crippen LogP contribution < -0.4 is 5.32 Å². The highest BCUT2D eigenvalue weighted by Crippen LogP contribution is 2.24. The van der Waals surface area contributed by atoms with Crippen LogP contribution in [0.5, 0.6) is 0 Å². The Morgan fingerprint density at radius 1 is 1.33 bits per heavy atom. The maximum Gasteiger partial charge on any atom is 0.471 e. The zero-order valence-corrected chi connectivity index (χ0v) is 11.8. The molecule has 0 aromatic carbocycles. The number of halogens is 4. The van der Waals surface area contributed by atoms with Crippen molar-refractivity contribution in [2.24, 2.45) is 5.92 Å². The van der Waals surface area contributed by atoms with Crippen molar-refractivity contribution in [3.63, 3.8) is 0 Å². The Balaban J connectivity index is 1.77. The Morgan fingerprint density at radius 3 is 2.43 bits per heavy atom. The molecule has 1 N–H and O–H groups in total. The monoisotopic (exact) mass is 322 g/mol. The van der Waals surface area contributed by atoms with Gasteiger partial charge in [-0.15, -0.1) is 0 Å². The molecule has 2 heterocycles. The summed E-state index contributed by atoms with van der Waals surface area (Å²) in [6, 6.07) is 0. The van der Waals surface area contributed by atoms with Crippen LogP contribution in [0.4, 0.5) is 19.1 Å². The first-order chi connectivity index (χ1) is 9.86. The summed E-state index contributed by atoms with van der Waals surface area (Å²) in [4.78, 5) is 19.9. The van der Waals surface area contributed by atoms with E-state index >= 15 is 0 Å². The molecule has 0 atom stereocenters. The van der Waals surface area contributed by atoms with Crippen LogP contribution in [-0.2, 0) is 4.79 Å². The van der Waals surface area contributed by atoms with Crippen molar-refractivity contribution in [1.29, 1.82) is 0 Å². The molecule has 1 aliphatic rings. The Bertz CT molecular complexity index is 486. The molecule has 1 aromatic heterocycles. The van der Waals surface area contributed by atoms with E-state index in [9.17, 15) is 18.0 Å². The number of likely N-dealkylation sites (tertiary alicyclic amines) is 1. The van der Waals surface area contributed by atoms with Crippen molar-refractivity contribution in [3.8, 4) is 0 Å². The third kappa shape index (κ3) is 4.45. The number of alkyl halides is 3. The van der Waals surface area contributed by atoms with Crippen LogP contribution in [-0.4, -0.2) is 46.6 Å². The Morgan fingerprint density at radius 2 is 1.90 bits per heavy atom. The molecule has 116 valence electrons. The van der Waals surface area contributed by atoms with Crippen molar-refractivity contribution in [2.75, 3.05) is 25.0 Å². The average molecular weight is 323 g/mol. The number of rotatable bonds is 3. The average Bonchev–Trinajstić information content (AvgIpc) is 2.45. The smallest absolute Gasteiger partial charge is 0.354 e.